The van der Waals surface area contributed by atoms with E-state index in [2.05, 4.69) is 22.1 Å². The van der Waals surface area contributed by atoms with Crippen LogP contribution in [0.25, 0.3) is 0 Å². The summed E-state index contributed by atoms with van der Waals surface area (Å²) < 4.78 is 1.61. The number of rotatable bonds is 5. The van der Waals surface area contributed by atoms with Crippen LogP contribution < -0.4 is 0 Å². The fourth-order valence-electron chi connectivity index (χ4n) is 2.39. The Morgan fingerprint density at radius 1 is 1.59 bits per heavy atom. The minimum absolute atomic E-state index is 0.0125. The van der Waals surface area contributed by atoms with Gasteiger partial charge >= 0.3 is 5.97 Å². The molecule has 17 heavy (non-hydrogen) atoms. The van der Waals surface area contributed by atoms with Gasteiger partial charge in [0.15, 0.2) is 5.69 Å². The first-order valence-electron chi connectivity index (χ1n) is 6.08. The summed E-state index contributed by atoms with van der Waals surface area (Å²) in [6, 6.07) is 0.678. The van der Waals surface area contributed by atoms with Crippen molar-refractivity contribution in [3.63, 3.8) is 0 Å². The van der Waals surface area contributed by atoms with Crippen molar-refractivity contribution in [3.05, 3.63) is 11.9 Å². The molecule has 0 aromatic carbocycles. The smallest absolute Gasteiger partial charge is 0.358 e. The first-order chi connectivity index (χ1) is 8.20. The molecular weight excluding hydrogens is 220 g/mol. The molecule has 1 saturated heterocycles. The highest BCUT2D eigenvalue weighted by Crippen LogP contribution is 2.19. The number of aromatic nitrogens is 3. The summed E-state index contributed by atoms with van der Waals surface area (Å²) in [6.45, 7) is 4.97. The van der Waals surface area contributed by atoms with Crippen LogP contribution in [0.4, 0.5) is 0 Å². The molecule has 6 nitrogen and oxygen atoms in total. The van der Waals surface area contributed by atoms with Crippen LogP contribution in [0.1, 0.15) is 36.7 Å². The number of carboxylic acids is 1. The third-order valence-electron chi connectivity index (χ3n) is 3.34. The van der Waals surface area contributed by atoms with Crippen molar-refractivity contribution in [2.75, 3.05) is 13.1 Å². The summed E-state index contributed by atoms with van der Waals surface area (Å²) >= 11 is 0. The van der Waals surface area contributed by atoms with Crippen molar-refractivity contribution in [1.29, 1.82) is 0 Å². The fourth-order valence-corrected chi connectivity index (χ4v) is 2.39. The van der Waals surface area contributed by atoms with E-state index in [4.69, 9.17) is 5.11 Å². The van der Waals surface area contributed by atoms with Gasteiger partial charge in [-0.1, -0.05) is 12.1 Å². The lowest BCUT2D eigenvalue weighted by Crippen LogP contribution is -2.32. The molecule has 1 aromatic heterocycles. The van der Waals surface area contributed by atoms with Crippen molar-refractivity contribution in [3.8, 4) is 0 Å². The van der Waals surface area contributed by atoms with E-state index >= 15 is 0 Å². The van der Waals surface area contributed by atoms with E-state index in [0.29, 0.717) is 12.6 Å². The lowest BCUT2D eigenvalue weighted by molar-refractivity contribution is 0.0690. The normalized spacial score (nSPS) is 20.9. The van der Waals surface area contributed by atoms with Gasteiger partial charge in [-0.05, 0) is 25.8 Å². The zero-order chi connectivity index (χ0) is 12.3. The Labute approximate surface area is 100 Å². The largest absolute Gasteiger partial charge is 0.476 e. The first-order valence-corrected chi connectivity index (χ1v) is 6.08. The highest BCUT2D eigenvalue weighted by atomic mass is 16.4. The van der Waals surface area contributed by atoms with Gasteiger partial charge in [0, 0.05) is 12.6 Å². The number of likely N-dealkylation sites (tertiary alicyclic amines) is 1. The lowest BCUT2D eigenvalue weighted by atomic mass is 10.2. The molecule has 0 bridgehead atoms. The topological polar surface area (TPSA) is 71.2 Å². The Hall–Kier alpha value is -1.43. The molecule has 1 aliphatic rings. The standard InChI is InChI=1S/C11H18N4O2/c1-2-9-4-3-5-14(9)6-7-15-8-10(11(16)17)12-13-15/h8-9H,2-7H2,1H3,(H,16,17). The van der Waals surface area contributed by atoms with E-state index in [1.54, 1.807) is 4.68 Å². The number of nitrogens with zero attached hydrogens (tertiary/aromatic N) is 4. The van der Waals surface area contributed by atoms with Gasteiger partial charge in [0.2, 0.25) is 0 Å². The Morgan fingerprint density at radius 3 is 3.06 bits per heavy atom. The maximum atomic E-state index is 10.6. The van der Waals surface area contributed by atoms with Gasteiger partial charge in [-0.25, -0.2) is 4.79 Å². The van der Waals surface area contributed by atoms with E-state index in [1.807, 2.05) is 0 Å². The molecule has 0 radical (unpaired) electrons. The molecule has 0 amide bonds. The maximum Gasteiger partial charge on any atom is 0.358 e. The van der Waals surface area contributed by atoms with Crippen LogP contribution in [-0.2, 0) is 6.54 Å². The molecule has 6 heteroatoms. The molecule has 1 fully saturated rings. The molecule has 1 unspecified atom stereocenters. The SMILES string of the molecule is CCC1CCCN1CCn1cc(C(=O)O)nn1. The monoisotopic (exact) mass is 238 g/mol. The number of carbonyl (C=O) groups is 1. The minimum atomic E-state index is -1.02. The van der Waals surface area contributed by atoms with Crippen LogP contribution in [0.3, 0.4) is 0 Å². The molecule has 1 N–H and O–H groups in total. The summed E-state index contributed by atoms with van der Waals surface area (Å²) in [6.07, 6.45) is 5.20. The summed E-state index contributed by atoms with van der Waals surface area (Å²) in [7, 11) is 0. The van der Waals surface area contributed by atoms with Crippen LogP contribution in [0.5, 0.6) is 0 Å². The van der Waals surface area contributed by atoms with Gasteiger partial charge in [0.25, 0.3) is 0 Å². The van der Waals surface area contributed by atoms with Gasteiger partial charge in [-0.15, -0.1) is 5.10 Å². The van der Waals surface area contributed by atoms with Crippen LogP contribution in [0.15, 0.2) is 6.20 Å². The molecule has 0 spiro atoms. The van der Waals surface area contributed by atoms with E-state index in [9.17, 15) is 4.79 Å². The first kappa shape index (κ1) is 12.0. The number of aromatic carboxylic acids is 1. The van der Waals surface area contributed by atoms with Gasteiger partial charge in [-0.2, -0.15) is 0 Å². The van der Waals surface area contributed by atoms with Crippen molar-refractivity contribution < 1.29 is 9.90 Å². The van der Waals surface area contributed by atoms with Gasteiger partial charge in [-0.3, -0.25) is 9.58 Å². The van der Waals surface area contributed by atoms with Gasteiger partial charge < -0.3 is 5.11 Å². The third-order valence-corrected chi connectivity index (χ3v) is 3.34. The lowest BCUT2D eigenvalue weighted by Gasteiger charge is -2.22. The highest BCUT2D eigenvalue weighted by Gasteiger charge is 2.22. The number of hydrogen-bond donors (Lipinski definition) is 1. The molecule has 1 aromatic rings. The third kappa shape index (κ3) is 2.82. The van der Waals surface area contributed by atoms with Crippen molar-refractivity contribution in [2.24, 2.45) is 0 Å². The second-order valence-electron chi connectivity index (χ2n) is 4.41. The maximum absolute atomic E-state index is 10.6. The van der Waals surface area contributed by atoms with E-state index in [-0.39, 0.29) is 5.69 Å². The molecule has 0 aliphatic carbocycles. The van der Waals surface area contributed by atoms with Crippen molar-refractivity contribution >= 4 is 5.97 Å². The quantitative estimate of drug-likeness (QED) is 0.823. The average Bonchev–Trinajstić information content (AvgIpc) is 2.95. The van der Waals surface area contributed by atoms with E-state index in [1.165, 1.54) is 25.5 Å². The molecule has 2 heterocycles. The van der Waals surface area contributed by atoms with Crippen molar-refractivity contribution in [1.82, 2.24) is 19.9 Å². The molecule has 94 valence electrons. The molecule has 1 atom stereocenters. The Morgan fingerprint density at radius 2 is 2.41 bits per heavy atom. The Balaban J connectivity index is 1.86. The Kier molecular flexibility index (Phi) is 3.73. The average molecular weight is 238 g/mol. The van der Waals surface area contributed by atoms with Crippen LogP contribution in [-0.4, -0.2) is 50.1 Å². The summed E-state index contributed by atoms with van der Waals surface area (Å²) in [4.78, 5) is 13.1. The van der Waals surface area contributed by atoms with Gasteiger partial charge in [0.05, 0.1) is 12.7 Å². The number of hydrogen-bond acceptors (Lipinski definition) is 4. The fraction of sp³-hybridized carbons (Fsp3) is 0.727. The van der Waals surface area contributed by atoms with Crippen LogP contribution >= 0.6 is 0 Å². The summed E-state index contributed by atoms with van der Waals surface area (Å²) in [5, 5.41) is 16.1. The van der Waals surface area contributed by atoms with Crippen molar-refractivity contribution in [2.45, 2.75) is 38.8 Å². The zero-order valence-electron chi connectivity index (χ0n) is 10.0. The van der Waals surface area contributed by atoms with Gasteiger partial charge in [0.1, 0.15) is 0 Å². The minimum Gasteiger partial charge on any atom is -0.476 e. The summed E-state index contributed by atoms with van der Waals surface area (Å²) in [5.74, 6) is -1.02. The summed E-state index contributed by atoms with van der Waals surface area (Å²) in [5.41, 5.74) is 0.0125. The second-order valence-corrected chi connectivity index (χ2v) is 4.41. The molecular formula is C11H18N4O2. The second kappa shape index (κ2) is 5.27. The Bertz CT molecular complexity index is 391. The van der Waals surface area contributed by atoms with E-state index in [0.717, 1.165) is 13.1 Å². The molecule has 2 rings (SSSR count). The zero-order valence-corrected chi connectivity index (χ0v) is 10.0. The van der Waals surface area contributed by atoms with Crippen LogP contribution in [0, 0.1) is 0 Å². The predicted molar refractivity (Wildman–Crippen MR) is 61.9 cm³/mol. The molecule has 1 aliphatic heterocycles. The van der Waals surface area contributed by atoms with Crippen LogP contribution in [0.2, 0.25) is 0 Å². The number of carboxylic acid groups (broad SMARTS) is 1. The highest BCUT2D eigenvalue weighted by molar-refractivity contribution is 5.84. The molecule has 0 saturated carbocycles. The predicted octanol–water partition coefficient (Wildman–Crippen LogP) is 0.851. The van der Waals surface area contributed by atoms with E-state index < -0.39 is 5.97 Å².